The maximum absolute atomic E-state index is 17.4. The topological polar surface area (TPSA) is 116 Å². The van der Waals surface area contributed by atoms with E-state index < -0.39 is 82.4 Å². The molecule has 4 aliphatic carbocycles. The molecular weight excluding hydrogens is 490 g/mol. The van der Waals surface area contributed by atoms with Gasteiger partial charge >= 0.3 is 12.1 Å². The average molecular weight is 525 g/mol. The molecular formula is C27H34F2O8. The highest BCUT2D eigenvalue weighted by atomic mass is 19.1. The fraction of sp³-hybridized carbons (Fsp3) is 0.704. The van der Waals surface area contributed by atoms with Crippen LogP contribution in [0.1, 0.15) is 53.9 Å². The molecule has 0 saturated heterocycles. The van der Waals surface area contributed by atoms with E-state index >= 15 is 8.78 Å². The van der Waals surface area contributed by atoms with Gasteiger partial charge in [-0.25, -0.2) is 13.6 Å². The van der Waals surface area contributed by atoms with E-state index in [0.717, 1.165) is 13.0 Å². The Morgan fingerprint density at radius 1 is 1.16 bits per heavy atom. The van der Waals surface area contributed by atoms with E-state index in [4.69, 9.17) is 14.2 Å². The number of carbonyl (C=O) groups is 4. The summed E-state index contributed by atoms with van der Waals surface area (Å²) in [6.45, 7) is 6.77. The van der Waals surface area contributed by atoms with E-state index in [0.29, 0.717) is 0 Å². The summed E-state index contributed by atoms with van der Waals surface area (Å²) >= 11 is 0. The summed E-state index contributed by atoms with van der Waals surface area (Å²) in [5.41, 5.74) is -7.18. The van der Waals surface area contributed by atoms with Crippen molar-refractivity contribution >= 4 is 23.7 Å². The predicted octanol–water partition coefficient (Wildman–Crippen LogP) is 3.60. The summed E-state index contributed by atoms with van der Waals surface area (Å²) in [7, 11) is 0. The number of aliphatic hydroxyl groups is 1. The second-order valence-electron chi connectivity index (χ2n) is 11.2. The van der Waals surface area contributed by atoms with Gasteiger partial charge < -0.3 is 19.3 Å². The largest absolute Gasteiger partial charge is 0.509 e. The molecule has 0 aromatic carbocycles. The Kier molecular flexibility index (Phi) is 6.66. The minimum absolute atomic E-state index is 0.00702. The molecule has 204 valence electrons. The summed E-state index contributed by atoms with van der Waals surface area (Å²) in [5.74, 6) is -4.30. The first kappa shape index (κ1) is 27.4. The fourth-order valence-electron chi connectivity index (χ4n) is 7.95. The van der Waals surface area contributed by atoms with Gasteiger partial charge in [-0.3, -0.25) is 14.4 Å². The maximum Gasteiger partial charge on any atom is 0.509 e. The molecule has 0 radical (unpaired) electrons. The minimum atomic E-state index is -2.35. The van der Waals surface area contributed by atoms with Gasteiger partial charge in [0.15, 0.2) is 23.7 Å². The zero-order valence-corrected chi connectivity index (χ0v) is 21.7. The summed E-state index contributed by atoms with van der Waals surface area (Å²) in [6, 6.07) is 0. The number of hydrogen-bond acceptors (Lipinski definition) is 8. The van der Waals surface area contributed by atoms with Gasteiger partial charge in [0, 0.05) is 29.6 Å². The van der Waals surface area contributed by atoms with Crippen LogP contribution >= 0.6 is 0 Å². The van der Waals surface area contributed by atoms with Gasteiger partial charge in [0.2, 0.25) is 5.78 Å². The lowest BCUT2D eigenvalue weighted by Gasteiger charge is -2.63. The van der Waals surface area contributed by atoms with Crippen LogP contribution in [0.15, 0.2) is 23.8 Å². The molecule has 37 heavy (non-hydrogen) atoms. The van der Waals surface area contributed by atoms with Crippen molar-refractivity contribution < 1.29 is 47.3 Å². The number of esters is 1. The minimum Gasteiger partial charge on any atom is -0.458 e. The first-order valence-electron chi connectivity index (χ1n) is 12.7. The van der Waals surface area contributed by atoms with Crippen LogP contribution in [0.4, 0.5) is 13.6 Å². The van der Waals surface area contributed by atoms with Gasteiger partial charge in [-0.15, -0.1) is 0 Å². The highest BCUT2D eigenvalue weighted by Crippen LogP contribution is 2.71. The normalized spacial score (nSPS) is 44.2. The van der Waals surface area contributed by atoms with Crippen LogP contribution < -0.4 is 0 Å². The Morgan fingerprint density at radius 3 is 2.46 bits per heavy atom. The third-order valence-electron chi connectivity index (χ3n) is 9.50. The van der Waals surface area contributed by atoms with Gasteiger partial charge in [0.1, 0.15) is 6.17 Å². The Balaban J connectivity index is 1.84. The summed E-state index contributed by atoms with van der Waals surface area (Å²) in [6.07, 6.45) is -1.22. The average Bonchev–Trinajstić information content (AvgIpc) is 3.03. The van der Waals surface area contributed by atoms with E-state index in [1.54, 1.807) is 20.8 Å². The molecule has 0 unspecified atom stereocenters. The first-order valence-corrected chi connectivity index (χ1v) is 12.7. The zero-order chi connectivity index (χ0) is 27.6. The lowest BCUT2D eigenvalue weighted by Crippen LogP contribution is -2.71. The van der Waals surface area contributed by atoms with Crippen molar-refractivity contribution in [1.82, 2.24) is 0 Å². The number of ether oxygens (including phenoxy) is 3. The molecule has 0 aliphatic heterocycles. The van der Waals surface area contributed by atoms with Crippen molar-refractivity contribution in [2.45, 2.75) is 77.4 Å². The van der Waals surface area contributed by atoms with Crippen LogP contribution in [-0.2, 0) is 28.6 Å². The quantitative estimate of drug-likeness (QED) is 0.543. The van der Waals surface area contributed by atoms with Gasteiger partial charge in [0.05, 0.1) is 12.7 Å². The number of allylic oxidation sites excluding steroid dienone is 4. The maximum atomic E-state index is 17.4. The van der Waals surface area contributed by atoms with Crippen molar-refractivity contribution in [3.63, 3.8) is 0 Å². The molecule has 9 atom stereocenters. The van der Waals surface area contributed by atoms with Crippen molar-refractivity contribution in [2.75, 3.05) is 13.2 Å². The molecule has 4 aliphatic rings. The third-order valence-corrected chi connectivity index (χ3v) is 9.50. The molecule has 10 heteroatoms. The number of halogens is 2. The first-order chi connectivity index (χ1) is 17.2. The Morgan fingerprint density at radius 2 is 1.84 bits per heavy atom. The summed E-state index contributed by atoms with van der Waals surface area (Å²) in [4.78, 5) is 49.8. The van der Waals surface area contributed by atoms with Crippen LogP contribution in [0.25, 0.3) is 0 Å². The van der Waals surface area contributed by atoms with Gasteiger partial charge in [0.25, 0.3) is 0 Å². The zero-order valence-electron chi connectivity index (χ0n) is 21.7. The van der Waals surface area contributed by atoms with E-state index in [1.165, 1.54) is 19.1 Å². The predicted molar refractivity (Wildman–Crippen MR) is 126 cm³/mol. The summed E-state index contributed by atoms with van der Waals surface area (Å²) < 4.78 is 48.7. The number of alkyl halides is 2. The highest BCUT2D eigenvalue weighted by Gasteiger charge is 2.78. The molecule has 0 aromatic rings. The number of hydrogen-bond donors (Lipinski definition) is 1. The van der Waals surface area contributed by atoms with Crippen LogP contribution in [0.3, 0.4) is 0 Å². The van der Waals surface area contributed by atoms with E-state index in [1.807, 2.05) is 0 Å². The molecule has 3 fully saturated rings. The monoisotopic (exact) mass is 524 g/mol. The lowest BCUT2D eigenvalue weighted by molar-refractivity contribution is -0.226. The van der Waals surface area contributed by atoms with Gasteiger partial charge in [-0.1, -0.05) is 19.9 Å². The third kappa shape index (κ3) is 3.61. The fourth-order valence-corrected chi connectivity index (χ4v) is 7.95. The lowest BCUT2D eigenvalue weighted by atomic mass is 9.44. The summed E-state index contributed by atoms with van der Waals surface area (Å²) in [5, 5.41) is 11.5. The molecule has 4 rings (SSSR count). The number of Topliss-reactive ketones (excluding diaryl/α,β-unsaturated/α-hetero) is 1. The number of fused-ring (bicyclic) bond motifs is 5. The highest BCUT2D eigenvalue weighted by molar-refractivity contribution is 6.01. The van der Waals surface area contributed by atoms with E-state index in [9.17, 15) is 24.3 Å². The number of rotatable bonds is 5. The number of aliphatic hydroxyl groups excluding tert-OH is 1. The molecule has 8 nitrogen and oxygen atoms in total. The molecule has 0 amide bonds. The molecule has 3 saturated carbocycles. The second kappa shape index (κ2) is 8.99. The molecule has 1 N–H and O–H groups in total. The molecule has 0 spiro atoms. The van der Waals surface area contributed by atoms with Crippen LogP contribution in [0.5, 0.6) is 0 Å². The van der Waals surface area contributed by atoms with E-state index in [2.05, 4.69) is 0 Å². The van der Waals surface area contributed by atoms with Crippen molar-refractivity contribution in [3.05, 3.63) is 23.8 Å². The van der Waals surface area contributed by atoms with Gasteiger partial charge in [-0.05, 0) is 56.8 Å². The van der Waals surface area contributed by atoms with Crippen LogP contribution in [0, 0.1) is 28.6 Å². The van der Waals surface area contributed by atoms with Crippen molar-refractivity contribution in [1.29, 1.82) is 0 Å². The second-order valence-corrected chi connectivity index (χ2v) is 11.2. The van der Waals surface area contributed by atoms with Crippen molar-refractivity contribution in [3.8, 4) is 0 Å². The van der Waals surface area contributed by atoms with Crippen LogP contribution in [0.2, 0.25) is 0 Å². The van der Waals surface area contributed by atoms with Crippen molar-refractivity contribution in [2.24, 2.45) is 28.6 Å². The number of ketones is 2. The molecule has 0 aromatic heterocycles. The standard InChI is InChI=1S/C27H34F2O8/c1-6-35-23(34)37-27(22(33)13-36-15(3)30)14(2)9-17-18-11-20(28)19-10-16(31)7-8-24(19,4)26(18,29)21(32)12-25(17,27)5/h7-8,10,14,17-18,20-21,32H,6,9,11-13H2,1-5H3/t14-,17+,18+,20+,21+,24+,25+,26+,27+/m1/s1. The smallest absolute Gasteiger partial charge is 0.458 e. The number of carbonyl (C=O) groups excluding carboxylic acids is 4. The Labute approximate surface area is 214 Å². The SMILES string of the molecule is CCOC(=O)O[C@]1(C(=O)COC(C)=O)[C@H](C)C[C@H]2[C@@H]3C[C@H](F)C4=CC(=O)C=C[C@]4(C)[C@@]3(F)[C@@H](O)C[C@@]21C. The van der Waals surface area contributed by atoms with E-state index in [-0.39, 0.29) is 31.4 Å². The molecule has 0 heterocycles. The van der Waals surface area contributed by atoms with Gasteiger partial charge in [-0.2, -0.15) is 0 Å². The Hall–Kier alpha value is -2.62. The molecule has 0 bridgehead atoms. The van der Waals surface area contributed by atoms with Crippen LogP contribution in [-0.4, -0.2) is 65.6 Å². The Bertz CT molecular complexity index is 1090.